The predicted molar refractivity (Wildman–Crippen MR) is 214 cm³/mol. The van der Waals surface area contributed by atoms with E-state index in [0.717, 1.165) is 52.6 Å². The Hall–Kier alpha value is -4.13. The Morgan fingerprint density at radius 2 is 1.52 bits per heavy atom. The van der Waals surface area contributed by atoms with Crippen LogP contribution in [0.25, 0.3) is 11.1 Å². The van der Waals surface area contributed by atoms with Crippen molar-refractivity contribution in [2.24, 2.45) is 5.92 Å². The number of unbranched alkanes of at least 4 members (excludes halogenated alkanes) is 1. The van der Waals surface area contributed by atoms with Gasteiger partial charge in [0, 0.05) is 49.5 Å². The van der Waals surface area contributed by atoms with E-state index in [-0.39, 0.29) is 48.6 Å². The lowest BCUT2D eigenvalue weighted by molar-refractivity contribution is -0.255. The number of hydrogen-bond acceptors (Lipinski definition) is 8. The third kappa shape index (κ3) is 11.3. The van der Waals surface area contributed by atoms with Crippen molar-refractivity contribution in [1.29, 1.82) is 0 Å². The second-order valence-electron chi connectivity index (χ2n) is 16.8. The van der Waals surface area contributed by atoms with Crippen molar-refractivity contribution in [3.63, 3.8) is 0 Å². The summed E-state index contributed by atoms with van der Waals surface area (Å²) in [5.74, 6) is 0.168. The Morgan fingerprint density at radius 1 is 0.804 bits per heavy atom. The number of nitrogens with zero attached hydrogens (tertiary/aromatic N) is 1. The lowest BCUT2D eigenvalue weighted by atomic mass is 9.75. The second kappa shape index (κ2) is 19.3. The first-order chi connectivity index (χ1) is 27.0. The summed E-state index contributed by atoms with van der Waals surface area (Å²) < 4.78 is 13.6. The number of likely N-dealkylation sites (tertiary alicyclic amines) is 1. The Balaban J connectivity index is 1.17. The van der Waals surface area contributed by atoms with Gasteiger partial charge in [0.05, 0.1) is 24.9 Å². The van der Waals surface area contributed by atoms with Gasteiger partial charge in [-0.3, -0.25) is 24.5 Å². The van der Waals surface area contributed by atoms with E-state index in [0.29, 0.717) is 50.7 Å². The molecule has 11 heteroatoms. The maximum atomic E-state index is 13.8. The Labute approximate surface area is 331 Å². The molecule has 1 aliphatic carbocycles. The van der Waals surface area contributed by atoms with Crippen LogP contribution in [0.1, 0.15) is 126 Å². The second-order valence-corrected chi connectivity index (χ2v) is 16.8. The standard InChI is InChI=1S/C45H60N4O7/c1-45(2,3)47-43(53)39-24-23-33-10-4-5-12-38(33)49(39)28-37-26-40(34-17-15-30(29-50)16-18-34)56-44(55-37)35-21-19-32(20-22-35)36-11-8-9-31(25-36)27-46-41(51)13-6-7-14-42(52)48-54/h8-9,11,15-22,25,33,37-40,44,50,54H,4-7,10,12-14,23-24,26-29H2,1-3H3,(H,46,51)(H,47,53)(H,48,52). The molecule has 2 aliphatic heterocycles. The maximum absolute atomic E-state index is 13.8. The van der Waals surface area contributed by atoms with Gasteiger partial charge in [0.25, 0.3) is 0 Å². The molecule has 302 valence electrons. The SMILES string of the molecule is CC(C)(C)NC(=O)C1CCC2CCCCC2N1CC1CC(c2ccc(CO)cc2)OC(c2ccc(-c3cccc(CNC(=O)CCCCC(=O)NO)c3)cc2)O1. The summed E-state index contributed by atoms with van der Waals surface area (Å²) >= 11 is 0. The summed E-state index contributed by atoms with van der Waals surface area (Å²) in [5.41, 5.74) is 7.11. The molecule has 5 N–H and O–H groups in total. The number of benzene rings is 3. The average molecular weight is 769 g/mol. The molecule has 3 aromatic carbocycles. The van der Waals surface area contributed by atoms with Gasteiger partial charge in [0.15, 0.2) is 6.29 Å². The molecule has 3 fully saturated rings. The van der Waals surface area contributed by atoms with Crippen LogP contribution in [-0.4, -0.2) is 63.2 Å². The predicted octanol–water partition coefficient (Wildman–Crippen LogP) is 7.01. The number of hydrogen-bond donors (Lipinski definition) is 5. The normalized spacial score (nSPS) is 24.2. The smallest absolute Gasteiger partial charge is 0.243 e. The fourth-order valence-electron chi connectivity index (χ4n) is 8.61. The number of rotatable bonds is 14. The summed E-state index contributed by atoms with van der Waals surface area (Å²) in [6, 6.07) is 24.4. The highest BCUT2D eigenvalue weighted by atomic mass is 16.7. The van der Waals surface area contributed by atoms with Crippen LogP contribution in [0.2, 0.25) is 0 Å². The summed E-state index contributed by atoms with van der Waals surface area (Å²) in [6.45, 7) is 7.15. The van der Waals surface area contributed by atoms with E-state index < -0.39 is 12.2 Å². The highest BCUT2D eigenvalue weighted by Gasteiger charge is 2.44. The molecule has 56 heavy (non-hydrogen) atoms. The first-order valence-corrected chi connectivity index (χ1v) is 20.5. The molecule has 2 heterocycles. The number of carbonyl (C=O) groups excluding carboxylic acids is 3. The Bertz CT molecular complexity index is 1760. The van der Waals surface area contributed by atoms with E-state index in [1.54, 1.807) is 5.48 Å². The molecule has 3 amide bonds. The van der Waals surface area contributed by atoms with E-state index in [9.17, 15) is 19.5 Å². The molecule has 6 atom stereocenters. The highest BCUT2D eigenvalue weighted by Crippen LogP contribution is 2.42. The number of piperidine rings is 1. The van der Waals surface area contributed by atoms with Gasteiger partial charge in [-0.15, -0.1) is 0 Å². The molecule has 0 spiro atoms. The van der Waals surface area contributed by atoms with E-state index in [1.165, 1.54) is 19.3 Å². The first kappa shape index (κ1) is 41.5. The summed E-state index contributed by atoms with van der Waals surface area (Å²) in [5, 5.41) is 24.6. The summed E-state index contributed by atoms with van der Waals surface area (Å²) in [7, 11) is 0. The van der Waals surface area contributed by atoms with Gasteiger partial charge in [-0.05, 0) is 99.1 Å². The van der Waals surface area contributed by atoms with Crippen LogP contribution in [0.15, 0.2) is 72.8 Å². The van der Waals surface area contributed by atoms with Gasteiger partial charge in [0.1, 0.15) is 0 Å². The molecule has 2 saturated heterocycles. The minimum atomic E-state index is -0.612. The molecular weight excluding hydrogens is 709 g/mol. The molecule has 6 rings (SSSR count). The Morgan fingerprint density at radius 3 is 2.23 bits per heavy atom. The van der Waals surface area contributed by atoms with Crippen molar-refractivity contribution in [2.45, 2.75) is 141 Å². The van der Waals surface area contributed by atoms with Crippen LogP contribution >= 0.6 is 0 Å². The molecule has 11 nitrogen and oxygen atoms in total. The van der Waals surface area contributed by atoms with Crippen LogP contribution in [0.5, 0.6) is 0 Å². The van der Waals surface area contributed by atoms with Gasteiger partial charge < -0.3 is 25.2 Å². The van der Waals surface area contributed by atoms with E-state index >= 15 is 0 Å². The van der Waals surface area contributed by atoms with Crippen molar-refractivity contribution in [2.75, 3.05) is 6.54 Å². The molecule has 6 unspecified atom stereocenters. The van der Waals surface area contributed by atoms with E-state index in [1.807, 2.05) is 63.2 Å². The van der Waals surface area contributed by atoms with Crippen LogP contribution in [0.4, 0.5) is 0 Å². The van der Waals surface area contributed by atoms with Gasteiger partial charge in [0.2, 0.25) is 17.7 Å². The van der Waals surface area contributed by atoms with Gasteiger partial charge in [-0.2, -0.15) is 0 Å². The first-order valence-electron chi connectivity index (χ1n) is 20.5. The zero-order valence-electron chi connectivity index (χ0n) is 33.2. The third-order valence-corrected chi connectivity index (χ3v) is 11.5. The molecule has 3 aromatic rings. The lowest BCUT2D eigenvalue weighted by Gasteiger charge is -2.50. The van der Waals surface area contributed by atoms with Crippen molar-refractivity contribution < 1.29 is 34.2 Å². The van der Waals surface area contributed by atoms with Crippen molar-refractivity contribution in [1.82, 2.24) is 21.0 Å². The fraction of sp³-hybridized carbons (Fsp3) is 0.533. The van der Waals surface area contributed by atoms with Gasteiger partial charge >= 0.3 is 0 Å². The van der Waals surface area contributed by atoms with Crippen LogP contribution in [-0.2, 0) is 37.0 Å². The number of carbonyl (C=O) groups is 3. The largest absolute Gasteiger partial charge is 0.392 e. The number of fused-ring (bicyclic) bond motifs is 1. The minimum Gasteiger partial charge on any atom is -0.392 e. The highest BCUT2D eigenvalue weighted by molar-refractivity contribution is 5.82. The number of ether oxygens (including phenoxy) is 2. The van der Waals surface area contributed by atoms with E-state index in [2.05, 4.69) is 45.9 Å². The van der Waals surface area contributed by atoms with Crippen molar-refractivity contribution in [3.8, 4) is 11.1 Å². The van der Waals surface area contributed by atoms with E-state index in [4.69, 9.17) is 14.7 Å². The average Bonchev–Trinajstić information content (AvgIpc) is 3.21. The molecule has 0 aromatic heterocycles. The molecule has 0 bridgehead atoms. The van der Waals surface area contributed by atoms with Gasteiger partial charge in [-0.1, -0.05) is 79.6 Å². The topological polar surface area (TPSA) is 149 Å². The van der Waals surface area contributed by atoms with Crippen LogP contribution in [0, 0.1) is 5.92 Å². The fourth-order valence-corrected chi connectivity index (χ4v) is 8.61. The van der Waals surface area contributed by atoms with Crippen LogP contribution < -0.4 is 16.1 Å². The number of nitrogens with one attached hydrogen (secondary N) is 3. The monoisotopic (exact) mass is 768 g/mol. The molecule has 3 aliphatic rings. The number of hydroxylamine groups is 1. The van der Waals surface area contributed by atoms with Crippen molar-refractivity contribution >= 4 is 17.7 Å². The molecule has 1 saturated carbocycles. The molecular formula is C45H60N4O7. The quantitative estimate of drug-likeness (QED) is 0.0669. The zero-order chi connectivity index (χ0) is 39.7. The van der Waals surface area contributed by atoms with Crippen molar-refractivity contribution in [3.05, 3.63) is 95.1 Å². The number of aliphatic hydroxyl groups excluding tert-OH is 1. The number of amides is 3. The zero-order valence-corrected chi connectivity index (χ0v) is 33.2. The third-order valence-electron chi connectivity index (χ3n) is 11.5. The van der Waals surface area contributed by atoms with Gasteiger partial charge in [-0.25, -0.2) is 5.48 Å². The summed E-state index contributed by atoms with van der Waals surface area (Å²) in [4.78, 5) is 39.9. The number of aliphatic hydroxyl groups is 1. The summed E-state index contributed by atoms with van der Waals surface area (Å²) in [6.07, 6.45) is 7.90. The Kier molecular flexibility index (Phi) is 14.3. The molecule has 0 radical (unpaired) electrons. The maximum Gasteiger partial charge on any atom is 0.243 e. The minimum absolute atomic E-state index is 0.0192. The lowest BCUT2D eigenvalue weighted by Crippen LogP contribution is -2.61. The van der Waals surface area contributed by atoms with Crippen LogP contribution in [0.3, 0.4) is 0 Å².